The van der Waals surface area contributed by atoms with E-state index in [0.29, 0.717) is 51.4 Å². The number of hydrogen-bond acceptors (Lipinski definition) is 6. The fourth-order valence-electron chi connectivity index (χ4n) is 4.14. The average Bonchev–Trinajstić information content (AvgIpc) is 3.29. The fourth-order valence-corrected chi connectivity index (χ4v) is 4.77. The summed E-state index contributed by atoms with van der Waals surface area (Å²) >= 11 is 3.55. The van der Waals surface area contributed by atoms with Gasteiger partial charge in [0.15, 0.2) is 11.5 Å². The smallest absolute Gasteiger partial charge is 0.355 e. The maximum atomic E-state index is 12.8. The Morgan fingerprint density at radius 2 is 1.84 bits per heavy atom. The first-order valence-electron chi connectivity index (χ1n) is 10.3. The Morgan fingerprint density at radius 1 is 1.16 bits per heavy atom. The molecule has 0 spiro atoms. The molecule has 164 valence electrons. The minimum atomic E-state index is -0.507. The molecule has 5 rings (SSSR count). The van der Waals surface area contributed by atoms with Gasteiger partial charge in [0.2, 0.25) is 0 Å². The van der Waals surface area contributed by atoms with E-state index in [9.17, 15) is 14.4 Å². The molecular formula is C23H19BrN2O6. The van der Waals surface area contributed by atoms with Crippen LogP contribution in [0.3, 0.4) is 0 Å². The van der Waals surface area contributed by atoms with Crippen LogP contribution >= 0.6 is 15.9 Å². The topological polar surface area (TPSA) is 97.9 Å². The number of H-pyrrole nitrogens is 1. The lowest BCUT2D eigenvalue weighted by Gasteiger charge is -2.20. The lowest BCUT2D eigenvalue weighted by Crippen LogP contribution is -2.32. The van der Waals surface area contributed by atoms with Gasteiger partial charge in [-0.05, 0) is 53.0 Å². The van der Waals surface area contributed by atoms with Gasteiger partial charge in [0.05, 0.1) is 27.7 Å². The Hall–Kier alpha value is -3.33. The van der Waals surface area contributed by atoms with Gasteiger partial charge in [-0.2, -0.15) is 0 Å². The summed E-state index contributed by atoms with van der Waals surface area (Å²) in [5.74, 6) is -0.0519. The molecule has 2 aliphatic rings. The minimum Gasteiger partial charge on any atom is -0.486 e. The monoisotopic (exact) mass is 498 g/mol. The highest BCUT2D eigenvalue weighted by Gasteiger charge is 2.35. The van der Waals surface area contributed by atoms with Crippen molar-refractivity contribution in [3.8, 4) is 11.5 Å². The molecule has 2 aliphatic heterocycles. The molecule has 0 saturated carbocycles. The third kappa shape index (κ3) is 3.15. The number of imide groups is 1. The molecule has 2 aromatic carbocycles. The summed E-state index contributed by atoms with van der Waals surface area (Å²) in [6.07, 6.45) is 0.270. The molecule has 0 fully saturated rings. The van der Waals surface area contributed by atoms with Crippen LogP contribution in [0.25, 0.3) is 10.9 Å². The molecular weight excluding hydrogens is 480 g/mol. The maximum absolute atomic E-state index is 12.8. The van der Waals surface area contributed by atoms with Crippen LogP contribution in [0.5, 0.6) is 11.5 Å². The third-order valence-corrected chi connectivity index (χ3v) is 6.35. The van der Waals surface area contributed by atoms with Crippen molar-refractivity contribution in [1.29, 1.82) is 0 Å². The number of carbonyl (C=O) groups is 3. The van der Waals surface area contributed by atoms with E-state index < -0.39 is 5.97 Å². The Morgan fingerprint density at radius 3 is 2.53 bits per heavy atom. The second-order valence-electron chi connectivity index (χ2n) is 7.39. The number of benzene rings is 2. The van der Waals surface area contributed by atoms with Crippen LogP contribution in [0.4, 0.5) is 0 Å². The van der Waals surface area contributed by atoms with E-state index in [1.54, 1.807) is 31.2 Å². The zero-order valence-corrected chi connectivity index (χ0v) is 18.8. The first-order chi connectivity index (χ1) is 15.5. The van der Waals surface area contributed by atoms with E-state index in [2.05, 4.69) is 20.9 Å². The number of aromatic nitrogens is 1. The lowest BCUT2D eigenvalue weighted by atomic mass is 10.1. The van der Waals surface area contributed by atoms with Crippen molar-refractivity contribution in [3.05, 3.63) is 57.2 Å². The van der Waals surface area contributed by atoms with Gasteiger partial charge in [-0.15, -0.1) is 0 Å². The van der Waals surface area contributed by atoms with Gasteiger partial charge in [-0.25, -0.2) is 4.79 Å². The molecule has 0 unspecified atom stereocenters. The van der Waals surface area contributed by atoms with Crippen molar-refractivity contribution in [1.82, 2.24) is 9.88 Å². The number of nitrogens with one attached hydrogen (secondary N) is 1. The molecule has 0 aliphatic carbocycles. The van der Waals surface area contributed by atoms with Crippen molar-refractivity contribution in [2.75, 3.05) is 26.4 Å². The second-order valence-corrected chi connectivity index (χ2v) is 8.19. The predicted octanol–water partition coefficient (Wildman–Crippen LogP) is 3.72. The SMILES string of the molecule is CCOC(=O)c1[nH]c2c(Br)c3c(cc2c1CCN1C(=O)c2ccccc2C1=O)OCCO3. The number of carbonyl (C=O) groups excluding carboxylic acids is 3. The lowest BCUT2D eigenvalue weighted by molar-refractivity contribution is 0.0519. The largest absolute Gasteiger partial charge is 0.486 e. The maximum Gasteiger partial charge on any atom is 0.355 e. The zero-order chi connectivity index (χ0) is 22.4. The van der Waals surface area contributed by atoms with E-state index >= 15 is 0 Å². The van der Waals surface area contributed by atoms with Crippen molar-refractivity contribution >= 4 is 44.6 Å². The standard InChI is InChI=1S/C23H19BrN2O6/c1-2-30-23(29)19-12(7-8-26-21(27)13-5-3-4-6-14(13)22(26)28)15-11-16-20(32-10-9-31-16)17(24)18(15)25-19/h3-6,11,25H,2,7-10H2,1H3. The highest BCUT2D eigenvalue weighted by molar-refractivity contribution is 9.10. The Labute approximate surface area is 191 Å². The number of esters is 1. The Balaban J connectivity index is 1.54. The van der Waals surface area contributed by atoms with Gasteiger partial charge in [0, 0.05) is 11.9 Å². The molecule has 8 nitrogen and oxygen atoms in total. The highest BCUT2D eigenvalue weighted by atomic mass is 79.9. The van der Waals surface area contributed by atoms with Crippen molar-refractivity contribution < 1.29 is 28.6 Å². The molecule has 3 heterocycles. The van der Waals surface area contributed by atoms with Gasteiger partial charge in [-0.3, -0.25) is 14.5 Å². The summed E-state index contributed by atoms with van der Waals surface area (Å²) < 4.78 is 17.3. The normalized spacial score (nSPS) is 14.8. The third-order valence-electron chi connectivity index (χ3n) is 5.59. The van der Waals surface area contributed by atoms with E-state index in [1.165, 1.54) is 4.90 Å². The van der Waals surface area contributed by atoms with Crippen LogP contribution in [0, 0.1) is 0 Å². The van der Waals surface area contributed by atoms with Crippen LogP contribution in [0.1, 0.15) is 43.7 Å². The van der Waals surface area contributed by atoms with Crippen molar-refractivity contribution in [2.24, 2.45) is 0 Å². The summed E-state index contributed by atoms with van der Waals surface area (Å²) in [5.41, 5.74) is 2.37. The highest BCUT2D eigenvalue weighted by Crippen LogP contribution is 2.44. The quantitative estimate of drug-likeness (QED) is 0.425. The molecule has 2 amide bonds. The van der Waals surface area contributed by atoms with Gasteiger partial charge in [-0.1, -0.05) is 12.1 Å². The van der Waals surface area contributed by atoms with E-state index in [4.69, 9.17) is 14.2 Å². The molecule has 1 N–H and O–H groups in total. The summed E-state index contributed by atoms with van der Waals surface area (Å²) in [6, 6.07) is 8.56. The van der Waals surface area contributed by atoms with Crippen molar-refractivity contribution in [3.63, 3.8) is 0 Å². The van der Waals surface area contributed by atoms with E-state index in [-0.39, 0.29) is 37.1 Å². The second kappa shape index (κ2) is 7.98. The Kier molecular flexibility index (Phi) is 5.13. The van der Waals surface area contributed by atoms with Gasteiger partial charge in [0.1, 0.15) is 18.9 Å². The number of halogens is 1. The summed E-state index contributed by atoms with van der Waals surface area (Å²) in [4.78, 5) is 42.6. The summed E-state index contributed by atoms with van der Waals surface area (Å²) in [5, 5.41) is 0.737. The first-order valence-corrected chi connectivity index (χ1v) is 11.1. The van der Waals surface area contributed by atoms with Crippen LogP contribution < -0.4 is 9.47 Å². The molecule has 0 saturated heterocycles. The Bertz CT molecular complexity index is 1250. The molecule has 1 aromatic heterocycles. The van der Waals surface area contributed by atoms with Crippen LogP contribution in [0.2, 0.25) is 0 Å². The fraction of sp³-hybridized carbons (Fsp3) is 0.261. The molecule has 0 atom stereocenters. The predicted molar refractivity (Wildman–Crippen MR) is 118 cm³/mol. The number of fused-ring (bicyclic) bond motifs is 3. The molecule has 3 aromatic rings. The van der Waals surface area contributed by atoms with Gasteiger partial charge in [0.25, 0.3) is 11.8 Å². The number of hydrogen-bond donors (Lipinski definition) is 1. The number of amides is 2. The number of rotatable bonds is 5. The van der Waals surface area contributed by atoms with Crippen molar-refractivity contribution in [2.45, 2.75) is 13.3 Å². The average molecular weight is 499 g/mol. The summed E-state index contributed by atoms with van der Waals surface area (Å²) in [7, 11) is 0. The number of aromatic amines is 1. The van der Waals surface area contributed by atoms with E-state index in [0.717, 1.165) is 5.39 Å². The minimum absolute atomic E-state index is 0.123. The molecule has 0 bridgehead atoms. The van der Waals surface area contributed by atoms with Gasteiger partial charge >= 0.3 is 5.97 Å². The first kappa shape index (κ1) is 20.6. The van der Waals surface area contributed by atoms with Crippen LogP contribution in [-0.4, -0.2) is 54.0 Å². The van der Waals surface area contributed by atoms with Crippen LogP contribution in [-0.2, 0) is 11.2 Å². The van der Waals surface area contributed by atoms with Gasteiger partial charge < -0.3 is 19.2 Å². The number of ether oxygens (including phenoxy) is 3. The zero-order valence-electron chi connectivity index (χ0n) is 17.2. The number of nitrogens with zero attached hydrogens (tertiary/aromatic N) is 1. The summed E-state index contributed by atoms with van der Waals surface area (Å²) in [6.45, 7) is 2.92. The molecule has 0 radical (unpaired) electrons. The van der Waals surface area contributed by atoms with Crippen LogP contribution in [0.15, 0.2) is 34.8 Å². The molecule has 9 heteroatoms. The molecule has 32 heavy (non-hydrogen) atoms. The van der Waals surface area contributed by atoms with E-state index in [1.807, 2.05) is 6.07 Å².